The molecule has 0 amide bonds. The van der Waals surface area contributed by atoms with Crippen molar-refractivity contribution < 1.29 is 19.5 Å². The van der Waals surface area contributed by atoms with Crippen molar-refractivity contribution in [1.82, 2.24) is 0 Å². The van der Waals surface area contributed by atoms with Crippen molar-refractivity contribution >= 4 is 34.1 Å². The van der Waals surface area contributed by atoms with Gasteiger partial charge in [-0.3, -0.25) is 0 Å². The summed E-state index contributed by atoms with van der Waals surface area (Å²) in [5.74, 6) is -3.46. The van der Waals surface area contributed by atoms with Gasteiger partial charge in [0.05, 0.1) is 16.0 Å². The number of fused-ring (bicyclic) bond motifs is 1. The standard InChI is InChI=1S/C27H18Cl2N2O3/c28-21-13-12-18(15-22(21)29)24-20(16-30)26(32)34-27(33,19-9-2-1-3-10-19)25(24)31-14-6-8-17-7-4-5-11-23(17)31/h1-15,24-25,33H/p+1/t24-,25+,27+/m0/s1. The molecule has 0 unspecified atom stereocenters. The zero-order chi connectivity index (χ0) is 23.9. The van der Waals surface area contributed by atoms with E-state index in [0.29, 0.717) is 21.2 Å². The van der Waals surface area contributed by atoms with Gasteiger partial charge in [-0.1, -0.05) is 71.7 Å². The van der Waals surface area contributed by atoms with Gasteiger partial charge >= 0.3 is 5.79 Å². The normalized spacial score (nSPS) is 22.3. The average Bonchev–Trinajstić information content (AvgIpc) is 2.86. The fourth-order valence-electron chi connectivity index (χ4n) is 4.63. The molecule has 1 aliphatic rings. The van der Waals surface area contributed by atoms with E-state index in [2.05, 4.69) is 6.07 Å². The van der Waals surface area contributed by atoms with Crippen LogP contribution in [-0.2, 0) is 10.5 Å². The van der Waals surface area contributed by atoms with E-state index >= 15 is 0 Å². The minimum absolute atomic E-state index is 0.0237. The van der Waals surface area contributed by atoms with Crippen molar-refractivity contribution in [2.45, 2.75) is 17.7 Å². The zero-order valence-corrected chi connectivity index (χ0v) is 19.3. The molecule has 3 aromatic carbocycles. The van der Waals surface area contributed by atoms with Gasteiger partial charge in [0.25, 0.3) is 5.95 Å². The molecular formula is C27H19Cl2N2O3+. The quantitative estimate of drug-likeness (QED) is 0.349. The van der Waals surface area contributed by atoms with Gasteiger partial charge in [0.15, 0.2) is 6.20 Å². The van der Waals surface area contributed by atoms with Gasteiger partial charge in [-0.2, -0.15) is 9.83 Å². The van der Waals surface area contributed by atoms with Gasteiger partial charge in [-0.05, 0) is 29.8 Å². The SMILES string of the molecule is N#CC1=C(O)O[C@](O)(c2ccccc2)[C@H]([n+]2cccc3ccccc32)[C@H]1c1ccc(Cl)c(Cl)c1. The summed E-state index contributed by atoms with van der Waals surface area (Å²) >= 11 is 12.5. The second-order valence-corrected chi connectivity index (χ2v) is 8.88. The van der Waals surface area contributed by atoms with E-state index in [1.54, 1.807) is 42.5 Å². The number of nitriles is 1. The number of hydrogen-bond donors (Lipinski definition) is 2. The van der Waals surface area contributed by atoms with Crippen LogP contribution in [0.15, 0.2) is 103 Å². The van der Waals surface area contributed by atoms with Crippen molar-refractivity contribution in [2.24, 2.45) is 0 Å². The summed E-state index contributed by atoms with van der Waals surface area (Å²) in [5.41, 5.74) is 1.82. The Morgan fingerprint density at radius 2 is 1.62 bits per heavy atom. The highest BCUT2D eigenvalue weighted by atomic mass is 35.5. The molecule has 5 rings (SSSR count). The first-order chi connectivity index (χ1) is 16.4. The molecule has 2 N–H and O–H groups in total. The Morgan fingerprint density at radius 3 is 2.35 bits per heavy atom. The molecule has 4 aromatic rings. The summed E-state index contributed by atoms with van der Waals surface area (Å²) in [4.78, 5) is 0. The third-order valence-corrected chi connectivity index (χ3v) is 6.90. The number of aliphatic hydroxyl groups excluding tert-OH is 1. The molecule has 0 aliphatic carbocycles. The van der Waals surface area contributed by atoms with Gasteiger partial charge in [-0.25, -0.2) is 0 Å². The second kappa shape index (κ2) is 8.66. The highest BCUT2D eigenvalue weighted by Crippen LogP contribution is 2.50. The van der Waals surface area contributed by atoms with Crippen LogP contribution in [0.3, 0.4) is 0 Å². The molecule has 7 heteroatoms. The number of para-hydroxylation sites is 1. The number of ether oxygens (including phenoxy) is 1. The Bertz CT molecular complexity index is 1460. The number of allylic oxidation sites excluding steroid dienone is 1. The Hall–Kier alpha value is -3.56. The fraction of sp³-hybridized carbons (Fsp3) is 0.111. The van der Waals surface area contributed by atoms with Crippen LogP contribution in [0.1, 0.15) is 23.1 Å². The van der Waals surface area contributed by atoms with E-state index < -0.39 is 23.7 Å². The molecule has 1 aromatic heterocycles. The first-order valence-corrected chi connectivity index (χ1v) is 11.3. The predicted molar refractivity (Wildman–Crippen MR) is 129 cm³/mol. The number of pyridine rings is 1. The lowest BCUT2D eigenvalue weighted by atomic mass is 9.77. The molecule has 168 valence electrons. The maximum absolute atomic E-state index is 12.1. The Balaban J connectivity index is 1.87. The van der Waals surface area contributed by atoms with E-state index in [9.17, 15) is 15.5 Å². The Kier molecular flexibility index (Phi) is 5.66. The molecule has 0 saturated heterocycles. The summed E-state index contributed by atoms with van der Waals surface area (Å²) in [6, 6.07) is 26.6. The number of benzene rings is 3. The molecule has 3 atom stereocenters. The lowest BCUT2D eigenvalue weighted by Gasteiger charge is -2.40. The minimum atomic E-state index is -2.02. The first kappa shape index (κ1) is 22.2. The number of hydrogen-bond acceptors (Lipinski definition) is 4. The number of rotatable bonds is 3. The maximum atomic E-state index is 12.1. The highest BCUT2D eigenvalue weighted by molar-refractivity contribution is 6.42. The number of halogens is 2. The molecule has 1 aliphatic heterocycles. The first-order valence-electron chi connectivity index (χ1n) is 10.6. The van der Waals surface area contributed by atoms with Crippen molar-refractivity contribution in [3.8, 4) is 6.07 Å². The smallest absolute Gasteiger partial charge is 0.301 e. The molecule has 0 fully saturated rings. The van der Waals surface area contributed by atoms with Crippen molar-refractivity contribution in [3.05, 3.63) is 124 Å². The lowest BCUT2D eigenvalue weighted by Crippen LogP contribution is -2.57. The third kappa shape index (κ3) is 3.57. The molecule has 2 heterocycles. The largest absolute Gasteiger partial charge is 0.480 e. The van der Waals surface area contributed by atoms with Gasteiger partial charge in [0.1, 0.15) is 11.6 Å². The molecule has 0 radical (unpaired) electrons. The molecule has 34 heavy (non-hydrogen) atoms. The maximum Gasteiger partial charge on any atom is 0.301 e. The molecular weight excluding hydrogens is 471 g/mol. The molecule has 5 nitrogen and oxygen atoms in total. The average molecular weight is 490 g/mol. The number of aromatic nitrogens is 1. The number of nitrogens with zero attached hydrogens (tertiary/aromatic N) is 2. The summed E-state index contributed by atoms with van der Waals surface area (Å²) in [5, 5.41) is 34.6. The predicted octanol–water partition coefficient (Wildman–Crippen LogP) is 5.93. The summed E-state index contributed by atoms with van der Waals surface area (Å²) in [7, 11) is 0. The second-order valence-electron chi connectivity index (χ2n) is 8.07. The van der Waals surface area contributed by atoms with Crippen LogP contribution in [0.2, 0.25) is 10.0 Å². The van der Waals surface area contributed by atoms with Crippen LogP contribution < -0.4 is 4.57 Å². The fourth-order valence-corrected chi connectivity index (χ4v) is 4.94. The summed E-state index contributed by atoms with van der Waals surface area (Å²) in [6.45, 7) is 0. The monoisotopic (exact) mass is 489 g/mol. The van der Waals surface area contributed by atoms with Crippen LogP contribution in [-0.4, -0.2) is 10.2 Å². The van der Waals surface area contributed by atoms with Crippen molar-refractivity contribution in [1.29, 1.82) is 5.26 Å². The number of aliphatic hydroxyl groups is 2. The van der Waals surface area contributed by atoms with Crippen LogP contribution in [0, 0.1) is 11.3 Å². The van der Waals surface area contributed by atoms with Crippen LogP contribution in [0.5, 0.6) is 0 Å². The van der Waals surface area contributed by atoms with E-state index in [1.165, 1.54) is 0 Å². The van der Waals surface area contributed by atoms with Gasteiger partial charge in [-0.15, -0.1) is 0 Å². The van der Waals surface area contributed by atoms with E-state index in [1.807, 2.05) is 53.2 Å². The van der Waals surface area contributed by atoms with E-state index in [4.69, 9.17) is 27.9 Å². The topological polar surface area (TPSA) is 77.4 Å². The Morgan fingerprint density at radius 1 is 0.912 bits per heavy atom. The summed E-state index contributed by atoms with van der Waals surface area (Å²) < 4.78 is 7.65. The summed E-state index contributed by atoms with van der Waals surface area (Å²) in [6.07, 6.45) is 1.83. The molecule has 0 saturated carbocycles. The van der Waals surface area contributed by atoms with Gasteiger partial charge < -0.3 is 14.9 Å². The highest BCUT2D eigenvalue weighted by Gasteiger charge is 2.58. The lowest BCUT2D eigenvalue weighted by molar-refractivity contribution is -0.731. The van der Waals surface area contributed by atoms with E-state index in [-0.39, 0.29) is 5.57 Å². The van der Waals surface area contributed by atoms with Crippen molar-refractivity contribution in [3.63, 3.8) is 0 Å². The van der Waals surface area contributed by atoms with Gasteiger partial charge in [0.2, 0.25) is 11.6 Å². The third-order valence-electron chi connectivity index (χ3n) is 6.16. The van der Waals surface area contributed by atoms with Crippen LogP contribution >= 0.6 is 23.2 Å². The zero-order valence-electron chi connectivity index (χ0n) is 17.8. The Labute approximate surface area is 206 Å². The molecule has 0 spiro atoms. The van der Waals surface area contributed by atoms with Crippen molar-refractivity contribution in [2.75, 3.05) is 0 Å². The molecule has 0 bridgehead atoms. The van der Waals surface area contributed by atoms with E-state index in [0.717, 1.165) is 10.9 Å². The minimum Gasteiger partial charge on any atom is -0.480 e. The van der Waals surface area contributed by atoms with Crippen LogP contribution in [0.25, 0.3) is 10.9 Å². The van der Waals surface area contributed by atoms with Gasteiger partial charge in [0, 0.05) is 23.1 Å². The van der Waals surface area contributed by atoms with Crippen LogP contribution in [0.4, 0.5) is 0 Å².